The van der Waals surface area contributed by atoms with Crippen molar-refractivity contribution in [3.63, 3.8) is 0 Å². The molecule has 0 aromatic heterocycles. The molecule has 0 bridgehead atoms. The van der Waals surface area contributed by atoms with Gasteiger partial charge in [-0.05, 0) is 44.2 Å². The van der Waals surface area contributed by atoms with Crippen molar-refractivity contribution in [2.75, 3.05) is 11.4 Å². The summed E-state index contributed by atoms with van der Waals surface area (Å²) in [5.74, 6) is -1.40. The fraction of sp³-hybridized carbons (Fsp3) is 0.222. The van der Waals surface area contributed by atoms with Crippen molar-refractivity contribution in [1.82, 2.24) is 0 Å². The molecule has 0 radical (unpaired) electrons. The number of amides is 1. The molecule has 2 aromatic carbocycles. The average molecular weight is 348 g/mol. The quantitative estimate of drug-likeness (QED) is 0.838. The highest BCUT2D eigenvalue weighted by molar-refractivity contribution is 6.31. The number of halogens is 1. The Kier molecular flexibility index (Phi) is 5.82. The van der Waals surface area contributed by atoms with Gasteiger partial charge in [-0.2, -0.15) is 0 Å². The van der Waals surface area contributed by atoms with E-state index in [1.54, 1.807) is 12.1 Å². The van der Waals surface area contributed by atoms with Crippen LogP contribution in [0.25, 0.3) is 0 Å². The van der Waals surface area contributed by atoms with Gasteiger partial charge >= 0.3 is 5.97 Å². The average Bonchev–Trinajstić information content (AvgIpc) is 2.58. The van der Waals surface area contributed by atoms with Gasteiger partial charge < -0.3 is 14.7 Å². The molecule has 0 saturated heterocycles. The number of ether oxygens (including phenoxy) is 1. The minimum absolute atomic E-state index is 0.0788. The van der Waals surface area contributed by atoms with E-state index < -0.39 is 12.1 Å². The first-order valence-corrected chi connectivity index (χ1v) is 7.87. The minimum atomic E-state index is -1.00. The largest absolute Gasteiger partial charge is 0.507 e. The second kappa shape index (κ2) is 7.84. The summed E-state index contributed by atoms with van der Waals surface area (Å²) < 4.78 is 5.19. The smallest absolute Gasteiger partial charge is 0.342 e. The van der Waals surface area contributed by atoms with Crippen LogP contribution < -0.4 is 4.90 Å². The van der Waals surface area contributed by atoms with Crippen LogP contribution in [0.5, 0.6) is 5.75 Å². The molecule has 0 aliphatic heterocycles. The Balaban J connectivity index is 2.13. The fourth-order valence-electron chi connectivity index (χ4n) is 2.24. The van der Waals surface area contributed by atoms with E-state index in [9.17, 15) is 14.7 Å². The lowest BCUT2D eigenvalue weighted by atomic mass is 10.2. The number of benzene rings is 2. The molecule has 1 N–H and O–H groups in total. The number of carbonyl (C=O) groups is 2. The first kappa shape index (κ1) is 17.8. The van der Waals surface area contributed by atoms with Gasteiger partial charge in [-0.1, -0.05) is 29.8 Å². The molecule has 0 aliphatic rings. The first-order chi connectivity index (χ1) is 11.4. The molecule has 2 rings (SSSR count). The summed E-state index contributed by atoms with van der Waals surface area (Å²) in [4.78, 5) is 26.2. The van der Waals surface area contributed by atoms with Crippen molar-refractivity contribution in [3.05, 3.63) is 59.1 Å². The van der Waals surface area contributed by atoms with Crippen LogP contribution in [0.4, 0.5) is 5.69 Å². The van der Waals surface area contributed by atoms with Crippen molar-refractivity contribution in [2.24, 2.45) is 0 Å². The van der Waals surface area contributed by atoms with Gasteiger partial charge in [-0.25, -0.2) is 4.79 Å². The first-order valence-electron chi connectivity index (χ1n) is 7.50. The normalized spacial score (nSPS) is 11.6. The van der Waals surface area contributed by atoms with Crippen LogP contribution >= 0.6 is 11.6 Å². The highest BCUT2D eigenvalue weighted by atomic mass is 35.5. The fourth-order valence-corrected chi connectivity index (χ4v) is 2.41. The van der Waals surface area contributed by atoms with Gasteiger partial charge in [0.25, 0.3) is 5.91 Å². The Morgan fingerprint density at radius 2 is 1.88 bits per heavy atom. The van der Waals surface area contributed by atoms with Gasteiger partial charge in [0.15, 0.2) is 6.10 Å². The number of phenolic OH excluding ortho intramolecular Hbond substituents is 1. The van der Waals surface area contributed by atoms with Crippen LogP contribution in [0, 0.1) is 0 Å². The molecule has 1 atom stereocenters. The topological polar surface area (TPSA) is 66.8 Å². The molecule has 0 unspecified atom stereocenters. The third-order valence-corrected chi connectivity index (χ3v) is 3.70. The lowest BCUT2D eigenvalue weighted by molar-refractivity contribution is -0.126. The highest BCUT2D eigenvalue weighted by Gasteiger charge is 2.25. The van der Waals surface area contributed by atoms with E-state index in [4.69, 9.17) is 16.3 Å². The predicted molar refractivity (Wildman–Crippen MR) is 92.5 cm³/mol. The molecule has 1 amide bonds. The Labute approximate surface area is 145 Å². The van der Waals surface area contributed by atoms with Gasteiger partial charge in [-0.15, -0.1) is 0 Å². The molecule has 2 aromatic rings. The summed E-state index contributed by atoms with van der Waals surface area (Å²) in [5, 5.41) is 10.0. The summed E-state index contributed by atoms with van der Waals surface area (Å²) in [7, 11) is 0. The second-order valence-electron chi connectivity index (χ2n) is 5.13. The van der Waals surface area contributed by atoms with E-state index in [1.807, 2.05) is 25.1 Å². The van der Waals surface area contributed by atoms with Crippen molar-refractivity contribution in [1.29, 1.82) is 0 Å². The molecular weight excluding hydrogens is 330 g/mol. The third-order valence-electron chi connectivity index (χ3n) is 3.46. The number of rotatable bonds is 5. The number of anilines is 1. The van der Waals surface area contributed by atoms with E-state index in [-0.39, 0.29) is 22.2 Å². The van der Waals surface area contributed by atoms with Crippen molar-refractivity contribution in [2.45, 2.75) is 20.0 Å². The molecule has 5 nitrogen and oxygen atoms in total. The standard InChI is InChI=1S/C18H18ClNO4/c1-3-20(14-7-5-4-6-8-14)17(22)12(2)24-18(23)15-11-13(19)9-10-16(15)21/h4-12,21H,3H2,1-2H3/t12-/m1/s1. The maximum absolute atomic E-state index is 12.6. The molecule has 0 spiro atoms. The summed E-state index contributed by atoms with van der Waals surface area (Å²) in [5.41, 5.74) is 0.642. The maximum Gasteiger partial charge on any atom is 0.342 e. The lowest BCUT2D eigenvalue weighted by Crippen LogP contribution is -2.40. The number of likely N-dealkylation sites (N-methyl/N-ethyl adjacent to an activating group) is 1. The predicted octanol–water partition coefficient (Wildman–Crippen LogP) is 3.64. The van der Waals surface area contributed by atoms with Crippen LogP contribution in [-0.4, -0.2) is 29.6 Å². The molecular formula is C18H18ClNO4. The van der Waals surface area contributed by atoms with Crippen molar-refractivity contribution < 1.29 is 19.4 Å². The lowest BCUT2D eigenvalue weighted by Gasteiger charge is -2.24. The van der Waals surface area contributed by atoms with E-state index in [0.29, 0.717) is 6.54 Å². The van der Waals surface area contributed by atoms with E-state index >= 15 is 0 Å². The van der Waals surface area contributed by atoms with Crippen LogP contribution in [0.1, 0.15) is 24.2 Å². The number of hydrogen-bond acceptors (Lipinski definition) is 4. The molecule has 126 valence electrons. The Hall–Kier alpha value is -2.53. The Morgan fingerprint density at radius 1 is 1.21 bits per heavy atom. The summed E-state index contributed by atoms with van der Waals surface area (Å²) >= 11 is 5.82. The number of para-hydroxylation sites is 1. The van der Waals surface area contributed by atoms with Crippen LogP contribution in [-0.2, 0) is 9.53 Å². The van der Waals surface area contributed by atoms with Gasteiger partial charge in [-0.3, -0.25) is 4.79 Å². The van der Waals surface area contributed by atoms with Crippen LogP contribution in [0.2, 0.25) is 5.02 Å². The number of carbonyl (C=O) groups excluding carboxylic acids is 2. The van der Waals surface area contributed by atoms with E-state index in [2.05, 4.69) is 0 Å². The van der Waals surface area contributed by atoms with Gasteiger partial charge in [0, 0.05) is 17.3 Å². The van der Waals surface area contributed by atoms with Crippen LogP contribution in [0.3, 0.4) is 0 Å². The number of esters is 1. The second-order valence-corrected chi connectivity index (χ2v) is 5.56. The molecule has 0 saturated carbocycles. The molecule has 24 heavy (non-hydrogen) atoms. The number of aromatic hydroxyl groups is 1. The van der Waals surface area contributed by atoms with E-state index in [1.165, 1.54) is 30.0 Å². The maximum atomic E-state index is 12.6. The van der Waals surface area contributed by atoms with Crippen LogP contribution in [0.15, 0.2) is 48.5 Å². The summed E-state index contributed by atoms with van der Waals surface area (Å²) in [6.45, 7) is 3.77. The molecule has 0 heterocycles. The SMILES string of the molecule is CCN(C(=O)[C@@H](C)OC(=O)c1cc(Cl)ccc1O)c1ccccc1. The number of nitrogens with zero attached hydrogens (tertiary/aromatic N) is 1. The third kappa shape index (κ3) is 4.06. The van der Waals surface area contributed by atoms with Gasteiger partial charge in [0.1, 0.15) is 11.3 Å². The molecule has 0 fully saturated rings. The summed E-state index contributed by atoms with van der Waals surface area (Å²) in [6, 6.07) is 13.2. The van der Waals surface area contributed by atoms with Gasteiger partial charge in [0.05, 0.1) is 0 Å². The zero-order valence-electron chi connectivity index (χ0n) is 13.4. The molecule has 6 heteroatoms. The van der Waals surface area contributed by atoms with Crippen molar-refractivity contribution >= 4 is 29.2 Å². The monoisotopic (exact) mass is 347 g/mol. The summed E-state index contributed by atoms with van der Waals surface area (Å²) in [6.07, 6.45) is -1.00. The van der Waals surface area contributed by atoms with Crippen molar-refractivity contribution in [3.8, 4) is 5.75 Å². The Bertz CT molecular complexity index is 733. The minimum Gasteiger partial charge on any atom is -0.507 e. The Morgan fingerprint density at radius 3 is 2.50 bits per heavy atom. The molecule has 0 aliphatic carbocycles. The zero-order valence-corrected chi connectivity index (χ0v) is 14.2. The van der Waals surface area contributed by atoms with Gasteiger partial charge in [0.2, 0.25) is 0 Å². The zero-order chi connectivity index (χ0) is 17.7. The number of phenols is 1. The number of hydrogen-bond donors (Lipinski definition) is 1. The van der Waals surface area contributed by atoms with E-state index in [0.717, 1.165) is 5.69 Å². The highest BCUT2D eigenvalue weighted by Crippen LogP contribution is 2.23.